The van der Waals surface area contributed by atoms with Crippen LogP contribution in [0.25, 0.3) is 0 Å². The quantitative estimate of drug-likeness (QED) is 0.814. The number of aromatic nitrogens is 1. The van der Waals surface area contributed by atoms with E-state index in [2.05, 4.69) is 36.8 Å². The molecule has 0 aromatic carbocycles. The maximum absolute atomic E-state index is 5.69. The van der Waals surface area contributed by atoms with Crippen molar-refractivity contribution in [3.05, 3.63) is 26.9 Å². The highest BCUT2D eigenvalue weighted by Gasteiger charge is 2.06. The van der Waals surface area contributed by atoms with Gasteiger partial charge in [-0.1, -0.05) is 0 Å². The van der Waals surface area contributed by atoms with Crippen molar-refractivity contribution in [3.63, 3.8) is 0 Å². The molecule has 1 heterocycles. The Morgan fingerprint density at radius 3 is 2.58 bits per heavy atom. The number of nitrogens with two attached hydrogens (primary N) is 2. The van der Waals surface area contributed by atoms with E-state index >= 15 is 0 Å². The molecule has 0 fully saturated rings. The van der Waals surface area contributed by atoms with E-state index < -0.39 is 0 Å². The Labute approximate surface area is 87.8 Å². The SMILES string of the molecule is NCC(N)c1ccc(Br)c(Br)n1. The van der Waals surface area contributed by atoms with Gasteiger partial charge < -0.3 is 11.5 Å². The van der Waals surface area contributed by atoms with Gasteiger partial charge in [0, 0.05) is 6.54 Å². The van der Waals surface area contributed by atoms with Crippen molar-refractivity contribution in [1.29, 1.82) is 0 Å². The number of rotatable bonds is 2. The zero-order valence-corrected chi connectivity index (χ0v) is 9.47. The molecule has 4 N–H and O–H groups in total. The van der Waals surface area contributed by atoms with Crippen LogP contribution in [0.2, 0.25) is 0 Å². The van der Waals surface area contributed by atoms with E-state index in [0.29, 0.717) is 6.54 Å². The Morgan fingerprint density at radius 1 is 1.42 bits per heavy atom. The van der Waals surface area contributed by atoms with Gasteiger partial charge in [0.15, 0.2) is 0 Å². The van der Waals surface area contributed by atoms with Gasteiger partial charge in [-0.05, 0) is 44.0 Å². The van der Waals surface area contributed by atoms with E-state index in [0.717, 1.165) is 14.8 Å². The van der Waals surface area contributed by atoms with Crippen LogP contribution in [0.5, 0.6) is 0 Å². The molecule has 0 aliphatic heterocycles. The minimum atomic E-state index is -0.186. The Bertz CT molecular complexity index is 277. The highest BCUT2D eigenvalue weighted by Crippen LogP contribution is 2.21. The minimum Gasteiger partial charge on any atom is -0.329 e. The molecule has 0 amide bonds. The Kier molecular flexibility index (Phi) is 3.64. The largest absolute Gasteiger partial charge is 0.329 e. The third kappa shape index (κ3) is 2.26. The van der Waals surface area contributed by atoms with Crippen molar-refractivity contribution in [2.45, 2.75) is 6.04 Å². The summed E-state index contributed by atoms with van der Waals surface area (Å²) >= 11 is 6.61. The van der Waals surface area contributed by atoms with Gasteiger partial charge in [0.25, 0.3) is 0 Å². The summed E-state index contributed by atoms with van der Waals surface area (Å²) in [4.78, 5) is 4.21. The van der Waals surface area contributed by atoms with E-state index in [-0.39, 0.29) is 6.04 Å². The minimum absolute atomic E-state index is 0.186. The van der Waals surface area contributed by atoms with E-state index in [1.807, 2.05) is 12.1 Å². The van der Waals surface area contributed by atoms with E-state index in [1.54, 1.807) is 0 Å². The van der Waals surface area contributed by atoms with Crippen molar-refractivity contribution in [3.8, 4) is 0 Å². The van der Waals surface area contributed by atoms with Gasteiger partial charge in [0.2, 0.25) is 0 Å². The van der Waals surface area contributed by atoms with Crippen LogP contribution < -0.4 is 11.5 Å². The molecule has 0 aliphatic carbocycles. The van der Waals surface area contributed by atoms with Gasteiger partial charge in [0.05, 0.1) is 16.2 Å². The molecule has 5 heteroatoms. The lowest BCUT2D eigenvalue weighted by Gasteiger charge is -2.08. The van der Waals surface area contributed by atoms with E-state index in [4.69, 9.17) is 11.5 Å². The predicted molar refractivity (Wildman–Crippen MR) is 55.6 cm³/mol. The summed E-state index contributed by atoms with van der Waals surface area (Å²) in [5.74, 6) is 0. The van der Waals surface area contributed by atoms with Crippen LogP contribution in [0.4, 0.5) is 0 Å². The zero-order valence-electron chi connectivity index (χ0n) is 6.30. The summed E-state index contributed by atoms with van der Waals surface area (Å²) in [5.41, 5.74) is 11.9. The molecule has 1 unspecified atom stereocenters. The molecule has 0 saturated carbocycles. The van der Waals surface area contributed by atoms with Crippen molar-refractivity contribution in [1.82, 2.24) is 4.98 Å². The van der Waals surface area contributed by atoms with Gasteiger partial charge in [-0.3, -0.25) is 0 Å². The first kappa shape index (κ1) is 10.1. The second-order valence-corrected chi connectivity index (χ2v) is 3.96. The molecule has 0 aliphatic rings. The van der Waals surface area contributed by atoms with Crippen LogP contribution in [-0.4, -0.2) is 11.5 Å². The van der Waals surface area contributed by atoms with Crippen molar-refractivity contribution in [2.75, 3.05) is 6.54 Å². The topological polar surface area (TPSA) is 64.9 Å². The molecule has 1 aromatic heterocycles. The summed E-state index contributed by atoms with van der Waals surface area (Å²) in [6.07, 6.45) is 0. The van der Waals surface area contributed by atoms with Crippen LogP contribution in [0.1, 0.15) is 11.7 Å². The average molecular weight is 295 g/mol. The second-order valence-electron chi connectivity index (χ2n) is 2.35. The first-order valence-electron chi connectivity index (χ1n) is 3.42. The molecule has 0 spiro atoms. The molecule has 12 heavy (non-hydrogen) atoms. The third-order valence-corrected chi connectivity index (χ3v) is 3.24. The average Bonchev–Trinajstić information content (AvgIpc) is 2.08. The molecule has 1 aromatic rings. The monoisotopic (exact) mass is 293 g/mol. The standard InChI is InChI=1S/C7H9Br2N3/c8-4-1-2-6(5(11)3-10)12-7(4)9/h1-2,5H,3,10-11H2. The first-order valence-corrected chi connectivity index (χ1v) is 5.01. The van der Waals surface area contributed by atoms with Gasteiger partial charge in [-0.2, -0.15) is 0 Å². The van der Waals surface area contributed by atoms with Crippen molar-refractivity contribution < 1.29 is 0 Å². The summed E-state index contributed by atoms with van der Waals surface area (Å²) < 4.78 is 1.67. The van der Waals surface area contributed by atoms with Crippen LogP contribution >= 0.6 is 31.9 Å². The highest BCUT2D eigenvalue weighted by atomic mass is 79.9. The molecule has 1 atom stereocenters. The number of halogens is 2. The second kappa shape index (κ2) is 4.32. The summed E-state index contributed by atoms with van der Waals surface area (Å²) in [6, 6.07) is 3.56. The lowest BCUT2D eigenvalue weighted by molar-refractivity contribution is 0.708. The molecule has 66 valence electrons. The van der Waals surface area contributed by atoms with E-state index in [1.165, 1.54) is 0 Å². The Morgan fingerprint density at radius 2 is 2.08 bits per heavy atom. The summed E-state index contributed by atoms with van der Waals surface area (Å²) in [6.45, 7) is 0.404. The Balaban J connectivity index is 2.96. The fourth-order valence-corrected chi connectivity index (χ4v) is 1.32. The molecule has 1 rings (SSSR count). The normalized spacial score (nSPS) is 13.0. The third-order valence-electron chi connectivity index (χ3n) is 1.46. The van der Waals surface area contributed by atoms with Crippen LogP contribution in [0.15, 0.2) is 21.2 Å². The lowest BCUT2D eigenvalue weighted by Crippen LogP contribution is -2.21. The zero-order chi connectivity index (χ0) is 9.14. The van der Waals surface area contributed by atoms with Gasteiger partial charge in [-0.15, -0.1) is 0 Å². The van der Waals surface area contributed by atoms with Gasteiger partial charge in [0.1, 0.15) is 4.60 Å². The summed E-state index contributed by atoms with van der Waals surface area (Å²) in [7, 11) is 0. The highest BCUT2D eigenvalue weighted by molar-refractivity contribution is 9.13. The number of nitrogens with zero attached hydrogens (tertiary/aromatic N) is 1. The maximum atomic E-state index is 5.69. The molecular weight excluding hydrogens is 286 g/mol. The van der Waals surface area contributed by atoms with Crippen molar-refractivity contribution >= 4 is 31.9 Å². The molecule has 0 saturated heterocycles. The maximum Gasteiger partial charge on any atom is 0.120 e. The number of pyridine rings is 1. The predicted octanol–water partition coefficient (Wildman–Crippen LogP) is 1.57. The van der Waals surface area contributed by atoms with Gasteiger partial charge in [-0.25, -0.2) is 4.98 Å². The molecule has 0 radical (unpaired) electrons. The number of hydrogen-bond acceptors (Lipinski definition) is 3. The fourth-order valence-electron chi connectivity index (χ4n) is 0.759. The Hall–Kier alpha value is 0.0300. The van der Waals surface area contributed by atoms with Crippen LogP contribution in [0.3, 0.4) is 0 Å². The molecule has 3 nitrogen and oxygen atoms in total. The molecular formula is C7H9Br2N3. The molecule has 0 bridgehead atoms. The summed E-state index contributed by atoms with van der Waals surface area (Å²) in [5, 5.41) is 0. The van der Waals surface area contributed by atoms with Gasteiger partial charge >= 0.3 is 0 Å². The smallest absolute Gasteiger partial charge is 0.120 e. The van der Waals surface area contributed by atoms with Crippen LogP contribution in [0, 0.1) is 0 Å². The fraction of sp³-hybridized carbons (Fsp3) is 0.286. The van der Waals surface area contributed by atoms with Crippen LogP contribution in [-0.2, 0) is 0 Å². The lowest BCUT2D eigenvalue weighted by atomic mass is 10.2. The van der Waals surface area contributed by atoms with Crippen molar-refractivity contribution in [2.24, 2.45) is 11.5 Å². The first-order chi connectivity index (χ1) is 5.65. The van der Waals surface area contributed by atoms with E-state index in [9.17, 15) is 0 Å². The number of hydrogen-bond donors (Lipinski definition) is 2.